The average Bonchev–Trinajstić information content (AvgIpc) is 2.91. The normalized spacial score (nSPS) is 10.7. The third kappa shape index (κ3) is 2.76. The number of nitrogens with one attached hydrogen (secondary N) is 1. The van der Waals surface area contributed by atoms with Gasteiger partial charge in [-0.15, -0.1) is 11.3 Å². The molecule has 3 nitrogen and oxygen atoms in total. The first-order chi connectivity index (χ1) is 10.2. The van der Waals surface area contributed by atoms with E-state index in [4.69, 9.17) is 5.73 Å². The average molecular weight is 296 g/mol. The van der Waals surface area contributed by atoms with Gasteiger partial charge >= 0.3 is 0 Å². The molecule has 0 aliphatic heterocycles. The van der Waals surface area contributed by atoms with Gasteiger partial charge < -0.3 is 11.1 Å². The maximum Gasteiger partial charge on any atom is 0.265 e. The lowest BCUT2D eigenvalue weighted by Crippen LogP contribution is -2.11. The summed E-state index contributed by atoms with van der Waals surface area (Å²) >= 11 is 1.48. The van der Waals surface area contributed by atoms with Crippen LogP contribution in [0, 0.1) is 0 Å². The van der Waals surface area contributed by atoms with Crippen LogP contribution in [0.25, 0.3) is 10.1 Å². The van der Waals surface area contributed by atoms with Crippen LogP contribution in [0.15, 0.2) is 48.5 Å². The molecule has 0 fully saturated rings. The maximum absolute atomic E-state index is 12.4. The second-order valence-electron chi connectivity index (χ2n) is 4.87. The highest BCUT2D eigenvalue weighted by molar-refractivity contribution is 7.20. The van der Waals surface area contributed by atoms with Gasteiger partial charge in [0.2, 0.25) is 0 Å². The number of anilines is 2. The lowest BCUT2D eigenvalue weighted by Gasteiger charge is -2.08. The van der Waals surface area contributed by atoms with Crippen LogP contribution < -0.4 is 11.1 Å². The highest BCUT2D eigenvalue weighted by atomic mass is 32.1. The molecule has 21 heavy (non-hydrogen) atoms. The number of amides is 1. The van der Waals surface area contributed by atoms with Crippen molar-refractivity contribution in [3.05, 3.63) is 59.0 Å². The molecule has 3 rings (SSSR count). The van der Waals surface area contributed by atoms with E-state index in [1.54, 1.807) is 0 Å². The fraction of sp³-hybridized carbons (Fsp3) is 0.118. The predicted molar refractivity (Wildman–Crippen MR) is 90.0 cm³/mol. The van der Waals surface area contributed by atoms with E-state index in [0.717, 1.165) is 27.8 Å². The molecule has 1 aromatic heterocycles. The fourth-order valence-corrected chi connectivity index (χ4v) is 3.25. The number of aryl methyl sites for hydroxylation is 1. The quantitative estimate of drug-likeness (QED) is 0.708. The first-order valence-electron chi connectivity index (χ1n) is 6.85. The number of hydrogen-bond donors (Lipinski definition) is 2. The third-order valence-electron chi connectivity index (χ3n) is 3.41. The number of rotatable bonds is 3. The number of carbonyl (C=O) groups is 1. The van der Waals surface area contributed by atoms with Gasteiger partial charge in [0.1, 0.15) is 0 Å². The summed E-state index contributed by atoms with van der Waals surface area (Å²) in [6.45, 7) is 2.08. The predicted octanol–water partition coefficient (Wildman–Crippen LogP) is 4.30. The molecule has 0 aliphatic rings. The topological polar surface area (TPSA) is 55.1 Å². The Labute approximate surface area is 127 Å². The highest BCUT2D eigenvalue weighted by Gasteiger charge is 2.12. The van der Waals surface area contributed by atoms with E-state index in [1.165, 1.54) is 11.3 Å². The zero-order chi connectivity index (χ0) is 14.8. The SMILES string of the molecule is CCc1ccccc1NC(=O)c1cc2cc(N)ccc2s1. The molecule has 0 aliphatic carbocycles. The molecule has 0 atom stereocenters. The van der Waals surface area contributed by atoms with Crippen molar-refractivity contribution in [1.29, 1.82) is 0 Å². The zero-order valence-corrected chi connectivity index (χ0v) is 12.5. The molecule has 0 spiro atoms. The van der Waals surface area contributed by atoms with Gasteiger partial charge in [-0.25, -0.2) is 0 Å². The van der Waals surface area contributed by atoms with Crippen molar-refractivity contribution < 1.29 is 4.79 Å². The van der Waals surface area contributed by atoms with Gasteiger partial charge in [-0.05, 0) is 47.7 Å². The first kappa shape index (κ1) is 13.6. The molecule has 0 saturated carbocycles. The van der Waals surface area contributed by atoms with Crippen molar-refractivity contribution in [3.63, 3.8) is 0 Å². The van der Waals surface area contributed by atoms with Crippen molar-refractivity contribution in [2.45, 2.75) is 13.3 Å². The van der Waals surface area contributed by atoms with Gasteiger partial charge in [-0.2, -0.15) is 0 Å². The Morgan fingerprint density at radius 1 is 1.19 bits per heavy atom. The summed E-state index contributed by atoms with van der Waals surface area (Å²) in [4.78, 5) is 13.1. The minimum absolute atomic E-state index is 0.0735. The minimum atomic E-state index is -0.0735. The summed E-state index contributed by atoms with van der Waals surface area (Å²) in [5, 5.41) is 4.00. The summed E-state index contributed by atoms with van der Waals surface area (Å²) in [6.07, 6.45) is 0.888. The number of para-hydroxylation sites is 1. The summed E-state index contributed by atoms with van der Waals surface area (Å²) in [5.41, 5.74) is 8.50. The third-order valence-corrected chi connectivity index (χ3v) is 4.53. The number of fused-ring (bicyclic) bond motifs is 1. The van der Waals surface area contributed by atoms with E-state index < -0.39 is 0 Å². The summed E-state index contributed by atoms with van der Waals surface area (Å²) < 4.78 is 1.07. The molecule has 3 aromatic rings. The molecule has 0 radical (unpaired) electrons. The second-order valence-corrected chi connectivity index (χ2v) is 5.96. The molecule has 106 valence electrons. The first-order valence-corrected chi connectivity index (χ1v) is 7.67. The van der Waals surface area contributed by atoms with Crippen LogP contribution in [-0.2, 0) is 6.42 Å². The Bertz CT molecular complexity index is 807. The van der Waals surface area contributed by atoms with E-state index >= 15 is 0 Å². The van der Waals surface area contributed by atoms with Crippen LogP contribution in [0.3, 0.4) is 0 Å². The Balaban J connectivity index is 1.90. The maximum atomic E-state index is 12.4. The molecule has 4 heteroatoms. The summed E-state index contributed by atoms with van der Waals surface area (Å²) in [7, 11) is 0. The number of hydrogen-bond acceptors (Lipinski definition) is 3. The molecule has 1 amide bonds. The van der Waals surface area contributed by atoms with Crippen LogP contribution in [0.4, 0.5) is 11.4 Å². The summed E-state index contributed by atoms with van der Waals surface area (Å²) in [6, 6.07) is 15.5. The lowest BCUT2D eigenvalue weighted by atomic mass is 10.1. The Kier molecular flexibility index (Phi) is 3.62. The van der Waals surface area contributed by atoms with Gasteiger partial charge in [0, 0.05) is 16.1 Å². The Hall–Kier alpha value is -2.33. The number of carbonyl (C=O) groups excluding carboxylic acids is 1. The smallest absolute Gasteiger partial charge is 0.265 e. The van der Waals surface area contributed by atoms with Crippen LogP contribution in [0.2, 0.25) is 0 Å². The van der Waals surface area contributed by atoms with Crippen LogP contribution >= 0.6 is 11.3 Å². The largest absolute Gasteiger partial charge is 0.399 e. The molecular weight excluding hydrogens is 280 g/mol. The second kappa shape index (κ2) is 5.58. The number of benzene rings is 2. The molecule has 2 aromatic carbocycles. The van der Waals surface area contributed by atoms with Gasteiger partial charge in [0.25, 0.3) is 5.91 Å². The Morgan fingerprint density at radius 2 is 2.00 bits per heavy atom. The van der Waals surface area contributed by atoms with Crippen molar-refractivity contribution in [2.24, 2.45) is 0 Å². The van der Waals surface area contributed by atoms with E-state index in [-0.39, 0.29) is 5.91 Å². The minimum Gasteiger partial charge on any atom is -0.399 e. The Morgan fingerprint density at radius 3 is 2.81 bits per heavy atom. The lowest BCUT2D eigenvalue weighted by molar-refractivity contribution is 0.103. The van der Waals surface area contributed by atoms with Crippen molar-refractivity contribution in [2.75, 3.05) is 11.1 Å². The van der Waals surface area contributed by atoms with Crippen molar-refractivity contribution >= 4 is 38.7 Å². The zero-order valence-electron chi connectivity index (χ0n) is 11.7. The molecule has 1 heterocycles. The monoisotopic (exact) mass is 296 g/mol. The molecule has 0 bridgehead atoms. The van der Waals surface area contributed by atoms with E-state index in [9.17, 15) is 4.79 Å². The van der Waals surface area contributed by atoms with Gasteiger partial charge in [0.05, 0.1) is 4.88 Å². The van der Waals surface area contributed by atoms with E-state index in [1.807, 2.05) is 48.5 Å². The van der Waals surface area contributed by atoms with Crippen molar-refractivity contribution in [1.82, 2.24) is 0 Å². The van der Waals surface area contributed by atoms with Gasteiger partial charge in [-0.3, -0.25) is 4.79 Å². The van der Waals surface area contributed by atoms with Gasteiger partial charge in [-0.1, -0.05) is 25.1 Å². The van der Waals surface area contributed by atoms with Crippen LogP contribution in [0.5, 0.6) is 0 Å². The number of thiophene rings is 1. The molecule has 0 unspecified atom stereocenters. The number of nitrogen functional groups attached to an aromatic ring is 1. The molecule has 3 N–H and O–H groups in total. The fourth-order valence-electron chi connectivity index (χ4n) is 2.31. The molecule has 0 saturated heterocycles. The van der Waals surface area contributed by atoms with Crippen LogP contribution in [0.1, 0.15) is 22.2 Å². The standard InChI is InChI=1S/C17H16N2OS/c1-2-11-5-3-4-6-14(11)19-17(20)16-10-12-9-13(18)7-8-15(12)21-16/h3-10H,2,18H2,1H3,(H,19,20). The highest BCUT2D eigenvalue weighted by Crippen LogP contribution is 2.28. The molecular formula is C17H16N2OS. The van der Waals surface area contributed by atoms with Crippen molar-refractivity contribution in [3.8, 4) is 0 Å². The van der Waals surface area contributed by atoms with Crippen LogP contribution in [-0.4, -0.2) is 5.91 Å². The number of nitrogens with two attached hydrogens (primary N) is 1. The van der Waals surface area contributed by atoms with Gasteiger partial charge in [0.15, 0.2) is 0 Å². The van der Waals surface area contributed by atoms with E-state index in [0.29, 0.717) is 10.6 Å². The van der Waals surface area contributed by atoms with E-state index in [2.05, 4.69) is 12.2 Å². The summed E-state index contributed by atoms with van der Waals surface area (Å²) in [5.74, 6) is -0.0735.